The number of aromatic carboxylic acids is 1. The predicted octanol–water partition coefficient (Wildman–Crippen LogP) is 1.16. The summed E-state index contributed by atoms with van der Waals surface area (Å²) < 4.78 is 1.81. The maximum absolute atomic E-state index is 10.7. The fourth-order valence-corrected chi connectivity index (χ4v) is 1.80. The third-order valence-electron chi connectivity index (χ3n) is 2.53. The molecule has 1 aliphatic rings. The van der Waals surface area contributed by atoms with E-state index in [1.807, 2.05) is 4.57 Å². The molecule has 4 heteroatoms. The first-order valence-corrected chi connectivity index (χ1v) is 4.46. The van der Waals surface area contributed by atoms with Crippen LogP contribution in [0, 0.1) is 5.92 Å². The highest BCUT2D eigenvalue weighted by atomic mass is 16.4. The summed E-state index contributed by atoms with van der Waals surface area (Å²) in [6.45, 7) is 2.97. The van der Waals surface area contributed by atoms with Crippen molar-refractivity contribution >= 4 is 5.97 Å². The molecule has 70 valence electrons. The Bertz CT molecular complexity index is 343. The molecule has 1 aliphatic heterocycles. The van der Waals surface area contributed by atoms with Crippen LogP contribution in [-0.2, 0) is 13.0 Å². The zero-order chi connectivity index (χ0) is 9.42. The van der Waals surface area contributed by atoms with Gasteiger partial charge in [-0.15, -0.1) is 0 Å². The van der Waals surface area contributed by atoms with Gasteiger partial charge >= 0.3 is 5.97 Å². The summed E-state index contributed by atoms with van der Waals surface area (Å²) in [5.41, 5.74) is 1.05. The minimum atomic E-state index is -0.930. The van der Waals surface area contributed by atoms with Crippen LogP contribution < -0.4 is 0 Å². The van der Waals surface area contributed by atoms with Crippen LogP contribution in [0.5, 0.6) is 0 Å². The van der Waals surface area contributed by atoms with E-state index >= 15 is 0 Å². The molecule has 0 saturated heterocycles. The van der Waals surface area contributed by atoms with Crippen molar-refractivity contribution in [3.05, 3.63) is 17.7 Å². The Morgan fingerprint density at radius 3 is 3.23 bits per heavy atom. The van der Waals surface area contributed by atoms with Gasteiger partial charge in [-0.2, -0.15) is 0 Å². The Morgan fingerprint density at radius 2 is 2.54 bits per heavy atom. The molecule has 13 heavy (non-hydrogen) atoms. The number of imidazole rings is 1. The standard InChI is InChI=1S/C9H12N2O2/c1-6-2-3-11-7(4-6)5-10-8(11)9(12)13/h5-6H,2-4H2,1H3,(H,12,13). The molecule has 0 fully saturated rings. The number of hydrogen-bond acceptors (Lipinski definition) is 2. The fraction of sp³-hybridized carbons (Fsp3) is 0.556. The maximum atomic E-state index is 10.7. The van der Waals surface area contributed by atoms with Crippen LogP contribution in [0.2, 0.25) is 0 Å². The second-order valence-corrected chi connectivity index (χ2v) is 3.63. The molecule has 0 bridgehead atoms. The van der Waals surface area contributed by atoms with Gasteiger partial charge in [0.25, 0.3) is 0 Å². The van der Waals surface area contributed by atoms with Gasteiger partial charge in [-0.3, -0.25) is 0 Å². The van der Waals surface area contributed by atoms with Crippen LogP contribution in [0.15, 0.2) is 6.20 Å². The molecular formula is C9H12N2O2. The lowest BCUT2D eigenvalue weighted by Gasteiger charge is -2.20. The van der Waals surface area contributed by atoms with E-state index in [1.165, 1.54) is 0 Å². The summed E-state index contributed by atoms with van der Waals surface area (Å²) in [6, 6.07) is 0. The average molecular weight is 180 g/mol. The topological polar surface area (TPSA) is 55.1 Å². The van der Waals surface area contributed by atoms with Gasteiger partial charge in [-0.25, -0.2) is 9.78 Å². The number of carbonyl (C=O) groups is 1. The fourth-order valence-electron chi connectivity index (χ4n) is 1.80. The van der Waals surface area contributed by atoms with Crippen molar-refractivity contribution < 1.29 is 9.90 Å². The van der Waals surface area contributed by atoms with Crippen LogP contribution in [0.1, 0.15) is 29.7 Å². The molecule has 1 aromatic heterocycles. The van der Waals surface area contributed by atoms with Crippen LogP contribution in [0.25, 0.3) is 0 Å². The molecule has 2 rings (SSSR count). The lowest BCUT2D eigenvalue weighted by molar-refractivity contribution is 0.0676. The van der Waals surface area contributed by atoms with Crippen molar-refractivity contribution in [3.63, 3.8) is 0 Å². The molecule has 1 aromatic rings. The highest BCUT2D eigenvalue weighted by Gasteiger charge is 2.21. The van der Waals surface area contributed by atoms with Crippen LogP contribution in [0.3, 0.4) is 0 Å². The van der Waals surface area contributed by atoms with Crippen molar-refractivity contribution in [1.82, 2.24) is 9.55 Å². The third-order valence-corrected chi connectivity index (χ3v) is 2.53. The van der Waals surface area contributed by atoms with Gasteiger partial charge in [0.05, 0.1) is 0 Å². The summed E-state index contributed by atoms with van der Waals surface area (Å²) in [5, 5.41) is 8.81. The average Bonchev–Trinajstić information content (AvgIpc) is 2.46. The Hall–Kier alpha value is -1.32. The minimum absolute atomic E-state index is 0.182. The quantitative estimate of drug-likeness (QED) is 0.705. The molecule has 0 amide bonds. The first kappa shape index (κ1) is 8.29. The molecule has 0 spiro atoms. The number of nitrogens with zero attached hydrogens (tertiary/aromatic N) is 2. The van der Waals surface area contributed by atoms with E-state index in [-0.39, 0.29) is 5.82 Å². The molecule has 0 aliphatic carbocycles. The number of rotatable bonds is 1. The molecule has 2 heterocycles. The predicted molar refractivity (Wildman–Crippen MR) is 46.7 cm³/mol. The van der Waals surface area contributed by atoms with Gasteiger partial charge in [-0.1, -0.05) is 6.92 Å². The Morgan fingerprint density at radius 1 is 1.77 bits per heavy atom. The summed E-state index contributed by atoms with van der Waals surface area (Å²) in [7, 11) is 0. The van der Waals surface area contributed by atoms with Gasteiger partial charge in [0.15, 0.2) is 0 Å². The molecule has 0 saturated carbocycles. The van der Waals surface area contributed by atoms with E-state index in [0.717, 1.165) is 25.1 Å². The second-order valence-electron chi connectivity index (χ2n) is 3.63. The first-order valence-electron chi connectivity index (χ1n) is 4.46. The largest absolute Gasteiger partial charge is 0.475 e. The lowest BCUT2D eigenvalue weighted by atomic mass is 9.99. The van der Waals surface area contributed by atoms with Crippen molar-refractivity contribution in [2.45, 2.75) is 26.3 Å². The van der Waals surface area contributed by atoms with E-state index in [9.17, 15) is 4.79 Å². The van der Waals surface area contributed by atoms with Crippen LogP contribution in [-0.4, -0.2) is 20.6 Å². The van der Waals surface area contributed by atoms with Crippen molar-refractivity contribution in [3.8, 4) is 0 Å². The Balaban J connectivity index is 2.39. The molecule has 0 aromatic carbocycles. The van der Waals surface area contributed by atoms with Gasteiger partial charge in [0.1, 0.15) is 0 Å². The zero-order valence-electron chi connectivity index (χ0n) is 7.53. The number of fused-ring (bicyclic) bond motifs is 1. The minimum Gasteiger partial charge on any atom is -0.475 e. The normalized spacial score (nSPS) is 21.2. The molecule has 1 N–H and O–H groups in total. The number of hydrogen-bond donors (Lipinski definition) is 1. The van der Waals surface area contributed by atoms with Crippen LogP contribution >= 0.6 is 0 Å². The second kappa shape index (κ2) is 2.87. The summed E-state index contributed by atoms with van der Waals surface area (Å²) in [5.74, 6) is -0.103. The SMILES string of the molecule is CC1CCn2c(cnc2C(=O)O)C1. The number of carboxylic acid groups (broad SMARTS) is 1. The summed E-state index contributed by atoms with van der Waals surface area (Å²) >= 11 is 0. The van der Waals surface area contributed by atoms with Gasteiger partial charge in [0.2, 0.25) is 5.82 Å². The maximum Gasteiger partial charge on any atom is 0.372 e. The first-order chi connectivity index (χ1) is 6.18. The van der Waals surface area contributed by atoms with Crippen molar-refractivity contribution in [2.24, 2.45) is 5.92 Å². The van der Waals surface area contributed by atoms with Gasteiger partial charge in [-0.05, 0) is 18.8 Å². The highest BCUT2D eigenvalue weighted by molar-refractivity contribution is 5.83. The zero-order valence-corrected chi connectivity index (χ0v) is 7.53. The smallest absolute Gasteiger partial charge is 0.372 e. The molecule has 1 unspecified atom stereocenters. The monoisotopic (exact) mass is 180 g/mol. The van der Waals surface area contributed by atoms with E-state index in [2.05, 4.69) is 11.9 Å². The number of carboxylic acids is 1. The van der Waals surface area contributed by atoms with E-state index < -0.39 is 5.97 Å². The molecule has 1 atom stereocenters. The van der Waals surface area contributed by atoms with Crippen molar-refractivity contribution in [1.29, 1.82) is 0 Å². The highest BCUT2D eigenvalue weighted by Crippen LogP contribution is 2.20. The molecular weight excluding hydrogens is 168 g/mol. The summed E-state index contributed by atoms with van der Waals surface area (Å²) in [4.78, 5) is 14.6. The molecule has 4 nitrogen and oxygen atoms in total. The lowest BCUT2D eigenvalue weighted by Crippen LogP contribution is -2.20. The van der Waals surface area contributed by atoms with Gasteiger partial charge < -0.3 is 9.67 Å². The van der Waals surface area contributed by atoms with Crippen LogP contribution in [0.4, 0.5) is 0 Å². The van der Waals surface area contributed by atoms with E-state index in [0.29, 0.717) is 5.92 Å². The van der Waals surface area contributed by atoms with Gasteiger partial charge in [0, 0.05) is 18.4 Å². The third kappa shape index (κ3) is 1.32. The summed E-state index contributed by atoms with van der Waals surface area (Å²) in [6.07, 6.45) is 3.67. The van der Waals surface area contributed by atoms with E-state index in [1.54, 1.807) is 6.20 Å². The van der Waals surface area contributed by atoms with Crippen molar-refractivity contribution in [2.75, 3.05) is 0 Å². The number of aromatic nitrogens is 2. The molecule has 0 radical (unpaired) electrons. The Labute approximate surface area is 76.2 Å². The van der Waals surface area contributed by atoms with E-state index in [4.69, 9.17) is 5.11 Å². The Kier molecular flexibility index (Phi) is 1.83.